The molecule has 0 amide bonds. The van der Waals surface area contributed by atoms with E-state index in [0.717, 1.165) is 12.1 Å². The molecule has 1 aliphatic rings. The van der Waals surface area contributed by atoms with Gasteiger partial charge in [0.1, 0.15) is 11.6 Å². The van der Waals surface area contributed by atoms with Crippen LogP contribution in [0, 0.1) is 11.6 Å². The minimum Gasteiger partial charge on any atom is -0.417 e. The molecule has 0 bridgehead atoms. The average molecular weight is 304 g/mol. The van der Waals surface area contributed by atoms with Gasteiger partial charge in [0.2, 0.25) is 11.8 Å². The summed E-state index contributed by atoms with van der Waals surface area (Å²) >= 11 is 0. The second-order valence-corrected chi connectivity index (χ2v) is 4.92. The van der Waals surface area contributed by atoms with Gasteiger partial charge in [0.25, 0.3) is 0 Å². The molecule has 112 valence electrons. The molecule has 7 nitrogen and oxygen atoms in total. The molecule has 0 saturated carbocycles. The van der Waals surface area contributed by atoms with E-state index in [0.29, 0.717) is 16.7 Å². The van der Waals surface area contributed by atoms with Gasteiger partial charge in [-0.2, -0.15) is 0 Å². The minimum atomic E-state index is -0.962. The first-order valence-electron chi connectivity index (χ1n) is 6.36. The third-order valence-corrected chi connectivity index (χ3v) is 3.64. The monoisotopic (exact) mass is 304 g/mol. The van der Waals surface area contributed by atoms with Gasteiger partial charge in [-0.3, -0.25) is 10.2 Å². The van der Waals surface area contributed by atoms with Crippen molar-refractivity contribution in [2.24, 2.45) is 0 Å². The summed E-state index contributed by atoms with van der Waals surface area (Å²) in [6.07, 6.45) is 0. The van der Waals surface area contributed by atoms with Crippen molar-refractivity contribution in [2.45, 2.75) is 5.92 Å². The molecule has 0 unspecified atom stereocenters. The number of anilines is 2. The molecular weight excluding hydrogens is 294 g/mol. The summed E-state index contributed by atoms with van der Waals surface area (Å²) in [7, 11) is 0. The molecule has 0 atom stereocenters. The molecule has 0 spiro atoms. The maximum Gasteiger partial charge on any atom is 0.246 e. The zero-order chi connectivity index (χ0) is 15.4. The van der Waals surface area contributed by atoms with Crippen molar-refractivity contribution < 1.29 is 13.5 Å². The molecule has 1 aliphatic heterocycles. The zero-order valence-corrected chi connectivity index (χ0v) is 11.0. The number of hydrogen-bond donors (Lipinski definition) is 4. The van der Waals surface area contributed by atoms with E-state index >= 15 is 0 Å². The van der Waals surface area contributed by atoms with Crippen LogP contribution in [0.5, 0.6) is 11.8 Å². The van der Waals surface area contributed by atoms with Gasteiger partial charge in [-0.1, -0.05) is 6.07 Å². The lowest BCUT2D eigenvalue weighted by Gasteiger charge is -2.22. The van der Waals surface area contributed by atoms with Gasteiger partial charge in [0.15, 0.2) is 11.6 Å². The lowest BCUT2D eigenvalue weighted by molar-refractivity contribution is 0.418. The topological polar surface area (TPSA) is 119 Å². The molecule has 1 aromatic carbocycles. The molecule has 22 heavy (non-hydrogen) atoms. The molecule has 0 radical (unpaired) electrons. The van der Waals surface area contributed by atoms with Crippen molar-refractivity contribution in [3.8, 4) is 11.8 Å². The highest BCUT2D eigenvalue weighted by Crippen LogP contribution is 2.49. The van der Waals surface area contributed by atoms with Gasteiger partial charge in [0, 0.05) is 0 Å². The predicted octanol–water partition coefficient (Wildman–Crippen LogP) is 1.86. The highest BCUT2D eigenvalue weighted by Gasteiger charge is 2.37. The molecule has 9 heteroatoms. The van der Waals surface area contributed by atoms with Crippen LogP contribution in [0.2, 0.25) is 0 Å². The molecule has 0 fully saturated rings. The van der Waals surface area contributed by atoms with Gasteiger partial charge in [-0.05, 0) is 17.7 Å². The average Bonchev–Trinajstić information content (AvgIpc) is 3.05. The molecule has 4 rings (SSSR count). The molecule has 3 aromatic rings. The van der Waals surface area contributed by atoms with E-state index in [1.165, 1.54) is 6.07 Å². The van der Waals surface area contributed by atoms with Gasteiger partial charge >= 0.3 is 0 Å². The molecule has 6 N–H and O–H groups in total. The number of aromatic nitrogens is 4. The van der Waals surface area contributed by atoms with E-state index in [1.807, 2.05) is 0 Å². The molecule has 3 heterocycles. The normalized spacial score (nSPS) is 13.5. The minimum absolute atomic E-state index is 0.228. The fourth-order valence-corrected chi connectivity index (χ4v) is 2.67. The Hall–Kier alpha value is -3.10. The maximum atomic E-state index is 13.6. The van der Waals surface area contributed by atoms with E-state index in [4.69, 9.17) is 16.2 Å². The van der Waals surface area contributed by atoms with Crippen molar-refractivity contribution in [3.05, 3.63) is 46.5 Å². The van der Waals surface area contributed by atoms with Gasteiger partial charge in [-0.15, -0.1) is 10.2 Å². The SMILES string of the molecule is Nc1[nH]nc2c1C(c1ccc(F)c(F)c1)c1c(n[nH]c1N)O2. The summed E-state index contributed by atoms with van der Waals surface area (Å²) in [5.41, 5.74) is 13.3. The van der Waals surface area contributed by atoms with E-state index in [-0.39, 0.29) is 23.4 Å². The Bertz CT molecular complexity index is 841. The summed E-state index contributed by atoms with van der Waals surface area (Å²) in [4.78, 5) is 0. The van der Waals surface area contributed by atoms with Crippen molar-refractivity contribution >= 4 is 11.6 Å². The third kappa shape index (κ3) is 1.59. The van der Waals surface area contributed by atoms with E-state index < -0.39 is 17.6 Å². The van der Waals surface area contributed by atoms with Gasteiger partial charge in [-0.25, -0.2) is 8.78 Å². The number of fused-ring (bicyclic) bond motifs is 2. The molecular formula is C13H10F2N6O. The summed E-state index contributed by atoms with van der Waals surface area (Å²) in [6, 6.07) is 3.60. The second-order valence-electron chi connectivity index (χ2n) is 4.92. The van der Waals surface area contributed by atoms with Crippen molar-refractivity contribution in [1.29, 1.82) is 0 Å². The largest absolute Gasteiger partial charge is 0.417 e. The summed E-state index contributed by atoms with van der Waals surface area (Å²) in [5, 5.41) is 13.1. The number of nitrogens with one attached hydrogen (secondary N) is 2. The number of hydrogen-bond acceptors (Lipinski definition) is 5. The molecule has 2 aromatic heterocycles. The van der Waals surface area contributed by atoms with E-state index in [2.05, 4.69) is 20.4 Å². The lowest BCUT2D eigenvalue weighted by atomic mass is 9.85. The maximum absolute atomic E-state index is 13.6. The van der Waals surface area contributed by atoms with Crippen LogP contribution in [-0.2, 0) is 0 Å². The van der Waals surface area contributed by atoms with Gasteiger partial charge < -0.3 is 16.2 Å². The number of benzene rings is 1. The number of nitrogens with two attached hydrogens (primary N) is 2. The van der Waals surface area contributed by atoms with Crippen LogP contribution < -0.4 is 16.2 Å². The number of ether oxygens (including phenoxy) is 1. The first-order chi connectivity index (χ1) is 10.6. The Kier molecular flexibility index (Phi) is 2.41. The van der Waals surface area contributed by atoms with Crippen LogP contribution in [0.3, 0.4) is 0 Å². The Morgan fingerprint density at radius 3 is 2.09 bits per heavy atom. The Labute approximate surface area is 122 Å². The number of halogens is 2. The standard InChI is InChI=1S/C13H10F2N6O/c14-5-2-1-4(3-6(5)15)7-8-10(16)18-20-12(8)22-13-9(7)11(17)19-21-13/h1-3,7H,(H3,16,18,20)(H3,17,19,21). The summed E-state index contributed by atoms with van der Waals surface area (Å²) in [6.45, 7) is 0. The Balaban J connectivity index is 1.99. The van der Waals surface area contributed by atoms with Crippen LogP contribution in [0.25, 0.3) is 0 Å². The number of aromatic amines is 2. The van der Waals surface area contributed by atoms with Crippen LogP contribution in [0.15, 0.2) is 18.2 Å². The van der Waals surface area contributed by atoms with Gasteiger partial charge in [0.05, 0.1) is 17.0 Å². The predicted molar refractivity (Wildman–Crippen MR) is 73.4 cm³/mol. The Morgan fingerprint density at radius 2 is 1.55 bits per heavy atom. The first kappa shape index (κ1) is 12.6. The fraction of sp³-hybridized carbons (Fsp3) is 0.0769. The van der Waals surface area contributed by atoms with Crippen molar-refractivity contribution in [1.82, 2.24) is 20.4 Å². The molecule has 0 saturated heterocycles. The van der Waals surface area contributed by atoms with Crippen LogP contribution in [0.4, 0.5) is 20.4 Å². The van der Waals surface area contributed by atoms with Crippen molar-refractivity contribution in [2.75, 3.05) is 11.5 Å². The van der Waals surface area contributed by atoms with Crippen molar-refractivity contribution in [3.63, 3.8) is 0 Å². The second kappa shape index (κ2) is 4.20. The smallest absolute Gasteiger partial charge is 0.246 e. The summed E-state index contributed by atoms with van der Waals surface area (Å²) < 4.78 is 32.3. The number of nitrogen functional groups attached to an aromatic ring is 2. The number of H-pyrrole nitrogens is 2. The van der Waals surface area contributed by atoms with Crippen LogP contribution in [0.1, 0.15) is 22.6 Å². The highest BCUT2D eigenvalue weighted by molar-refractivity contribution is 5.66. The molecule has 0 aliphatic carbocycles. The zero-order valence-electron chi connectivity index (χ0n) is 11.0. The first-order valence-corrected chi connectivity index (χ1v) is 6.36. The van der Waals surface area contributed by atoms with Crippen LogP contribution >= 0.6 is 0 Å². The lowest BCUT2D eigenvalue weighted by Crippen LogP contribution is -2.13. The Morgan fingerprint density at radius 1 is 0.955 bits per heavy atom. The fourth-order valence-electron chi connectivity index (χ4n) is 2.67. The van der Waals surface area contributed by atoms with E-state index in [9.17, 15) is 8.78 Å². The summed E-state index contributed by atoms with van der Waals surface area (Å²) in [5.74, 6) is -1.48. The quantitative estimate of drug-likeness (QED) is 0.428. The van der Waals surface area contributed by atoms with Crippen LogP contribution in [-0.4, -0.2) is 20.4 Å². The van der Waals surface area contributed by atoms with E-state index in [1.54, 1.807) is 0 Å². The third-order valence-electron chi connectivity index (χ3n) is 3.64. The highest BCUT2D eigenvalue weighted by atomic mass is 19.2. The number of nitrogens with zero attached hydrogens (tertiary/aromatic N) is 2. The number of rotatable bonds is 1.